The summed E-state index contributed by atoms with van der Waals surface area (Å²) < 4.78 is 0. The number of hydrogen-bond donors (Lipinski definition) is 0. The molecular formula is C34H23CuN9. The van der Waals surface area contributed by atoms with Crippen molar-refractivity contribution in [2.24, 2.45) is 0 Å². The molecule has 0 N–H and O–H groups in total. The molecule has 0 aliphatic carbocycles. The molecule has 44 heavy (non-hydrogen) atoms. The molecule has 9 rings (SSSR count). The maximum absolute atomic E-state index is 4.94. The average Bonchev–Trinajstić information content (AvgIpc) is 3.77. The summed E-state index contributed by atoms with van der Waals surface area (Å²) in [6, 6.07) is 25.7. The van der Waals surface area contributed by atoms with Gasteiger partial charge in [0.15, 0.2) is 0 Å². The fourth-order valence-electron chi connectivity index (χ4n) is 5.35. The van der Waals surface area contributed by atoms with E-state index in [1.807, 2.05) is 78.9 Å². The van der Waals surface area contributed by atoms with Gasteiger partial charge in [-0.05, 0) is 27.6 Å². The zero-order chi connectivity index (χ0) is 28.9. The van der Waals surface area contributed by atoms with Crippen LogP contribution in [0.4, 0.5) is 0 Å². The molecule has 0 unspecified atom stereocenters. The summed E-state index contributed by atoms with van der Waals surface area (Å²) >= 11 is 0. The standard InChI is InChI=1S/C31H15N9.C3H8.Cu/c1-2-8-17-16(7-1)24-33-25(17)35-27-20-11-5-6-12-21(20)29(37-27)39-31-23-15-32-14-13-22(23)30(40-31)38-28-19-10-4-3-9-18(19)26(34-24)36-28;1-3-2;/h1-15H;3H2,1-2H3;/q-2;;+2. The van der Waals surface area contributed by atoms with E-state index in [0.717, 1.165) is 43.8 Å². The minimum Gasteiger partial charge on any atom is -0.357 e. The van der Waals surface area contributed by atoms with Crippen molar-refractivity contribution in [2.75, 3.05) is 0 Å². The Morgan fingerprint density at radius 1 is 0.455 bits per heavy atom. The van der Waals surface area contributed by atoms with Gasteiger partial charge in [0.1, 0.15) is 0 Å². The molecule has 1 radical (unpaired) electrons. The molecule has 8 bridgehead atoms. The molecule has 0 saturated heterocycles. The Balaban J connectivity index is 0.000000753. The third-order valence-electron chi connectivity index (χ3n) is 7.22. The molecule has 10 heteroatoms. The van der Waals surface area contributed by atoms with E-state index in [0.29, 0.717) is 45.9 Å². The van der Waals surface area contributed by atoms with Crippen molar-refractivity contribution in [3.05, 3.63) is 91.3 Å². The predicted molar refractivity (Wildman–Crippen MR) is 168 cm³/mol. The average molecular weight is 621 g/mol. The summed E-state index contributed by atoms with van der Waals surface area (Å²) in [5.74, 6) is 2.09. The van der Waals surface area contributed by atoms with Crippen LogP contribution in [0.3, 0.4) is 0 Å². The zero-order valence-electron chi connectivity index (χ0n) is 23.7. The summed E-state index contributed by atoms with van der Waals surface area (Å²) in [5, 5.41) is 3.51. The first-order valence-electron chi connectivity index (χ1n) is 14.2. The van der Waals surface area contributed by atoms with E-state index in [1.165, 1.54) is 6.42 Å². The van der Waals surface area contributed by atoms with Crippen molar-refractivity contribution in [2.45, 2.75) is 20.3 Å². The van der Waals surface area contributed by atoms with E-state index in [9.17, 15) is 0 Å². The monoisotopic (exact) mass is 620 g/mol. The Hall–Kier alpha value is -5.31. The van der Waals surface area contributed by atoms with Gasteiger partial charge in [-0.2, -0.15) is 0 Å². The van der Waals surface area contributed by atoms with E-state index in [4.69, 9.17) is 39.9 Å². The molecule has 4 aromatic heterocycles. The van der Waals surface area contributed by atoms with E-state index in [-0.39, 0.29) is 17.1 Å². The number of rotatable bonds is 0. The summed E-state index contributed by atoms with van der Waals surface area (Å²) in [6.07, 6.45) is 4.73. The Labute approximate surface area is 262 Å². The minimum atomic E-state index is 0. The smallest absolute Gasteiger partial charge is 0.357 e. The van der Waals surface area contributed by atoms with Crippen LogP contribution in [0.5, 0.6) is 0 Å². The maximum Gasteiger partial charge on any atom is 2.00 e. The van der Waals surface area contributed by atoms with Gasteiger partial charge in [-0.15, -0.1) is 0 Å². The predicted octanol–water partition coefficient (Wildman–Crippen LogP) is 6.94. The zero-order valence-corrected chi connectivity index (χ0v) is 24.6. The van der Waals surface area contributed by atoms with Crippen molar-refractivity contribution in [3.8, 4) is 45.6 Å². The number of pyridine rings is 1. The molecule has 3 aromatic carbocycles. The van der Waals surface area contributed by atoms with Crippen LogP contribution < -0.4 is 9.97 Å². The quantitative estimate of drug-likeness (QED) is 0.166. The van der Waals surface area contributed by atoms with Gasteiger partial charge in [-0.3, -0.25) is 4.98 Å². The molecular weight excluding hydrogens is 598 g/mol. The van der Waals surface area contributed by atoms with Crippen LogP contribution in [-0.2, 0) is 17.1 Å². The van der Waals surface area contributed by atoms with Crippen LogP contribution in [-0.4, -0.2) is 34.9 Å². The van der Waals surface area contributed by atoms with Crippen molar-refractivity contribution in [1.82, 2.24) is 44.9 Å². The van der Waals surface area contributed by atoms with Gasteiger partial charge in [-0.25, -0.2) is 9.97 Å². The largest absolute Gasteiger partial charge is 2.00 e. The van der Waals surface area contributed by atoms with Crippen molar-refractivity contribution < 1.29 is 17.1 Å². The second kappa shape index (κ2) is 11.1. The number of aromatic nitrogens is 9. The first-order chi connectivity index (χ1) is 21.2. The van der Waals surface area contributed by atoms with Crippen LogP contribution >= 0.6 is 0 Å². The van der Waals surface area contributed by atoms with Gasteiger partial charge >= 0.3 is 17.1 Å². The molecule has 0 amide bonds. The van der Waals surface area contributed by atoms with Crippen LogP contribution in [0.15, 0.2) is 91.3 Å². The number of fused-ring (bicyclic) bond motifs is 20. The van der Waals surface area contributed by atoms with Gasteiger partial charge in [0.05, 0.1) is 23.3 Å². The molecule has 2 aliphatic heterocycles. The minimum absolute atomic E-state index is 0. The van der Waals surface area contributed by atoms with Gasteiger partial charge in [-0.1, -0.05) is 93.1 Å². The van der Waals surface area contributed by atoms with Crippen LogP contribution in [0.1, 0.15) is 20.3 Å². The number of nitrogens with zero attached hydrogens (tertiary/aromatic N) is 9. The Morgan fingerprint density at radius 2 is 0.795 bits per heavy atom. The molecule has 0 atom stereocenters. The maximum atomic E-state index is 4.94. The Morgan fingerprint density at radius 3 is 1.20 bits per heavy atom. The summed E-state index contributed by atoms with van der Waals surface area (Å²) in [6.45, 7) is 4.25. The molecule has 6 heterocycles. The number of hydrogen-bond acceptors (Lipinski definition) is 7. The SMILES string of the molecule is CCC.[Cu+2].c1ccc2c(c1)-c1nc-2nc2[n-]c(nc3nc(nc4[n-]c(n1)c1ccccc41)-c1ccncc1-3)c1ccccc21. The van der Waals surface area contributed by atoms with Gasteiger partial charge in [0.25, 0.3) is 0 Å². The van der Waals surface area contributed by atoms with E-state index in [2.05, 4.69) is 18.8 Å². The van der Waals surface area contributed by atoms with Gasteiger partial charge < -0.3 is 29.9 Å². The summed E-state index contributed by atoms with van der Waals surface area (Å²) in [7, 11) is 0. The molecule has 0 spiro atoms. The van der Waals surface area contributed by atoms with Gasteiger partial charge in [0.2, 0.25) is 0 Å². The second-order valence-corrected chi connectivity index (χ2v) is 10.2. The molecule has 7 aromatic rings. The topological polar surface area (TPSA) is 118 Å². The third kappa shape index (κ3) is 4.43. The Bertz CT molecular complexity index is 2050. The summed E-state index contributed by atoms with van der Waals surface area (Å²) in [5.41, 5.74) is 5.52. The van der Waals surface area contributed by atoms with E-state index < -0.39 is 0 Å². The number of benzene rings is 3. The second-order valence-electron chi connectivity index (χ2n) is 10.2. The van der Waals surface area contributed by atoms with Crippen LogP contribution in [0, 0.1) is 0 Å². The Kier molecular flexibility index (Phi) is 6.93. The normalized spacial score (nSPS) is 11.3. The molecule has 215 valence electrons. The van der Waals surface area contributed by atoms with Crippen LogP contribution in [0.2, 0.25) is 0 Å². The van der Waals surface area contributed by atoms with E-state index >= 15 is 0 Å². The van der Waals surface area contributed by atoms with Gasteiger partial charge in [0, 0.05) is 57.2 Å². The first-order valence-corrected chi connectivity index (χ1v) is 14.2. The molecule has 9 nitrogen and oxygen atoms in total. The van der Waals surface area contributed by atoms with Crippen molar-refractivity contribution >= 4 is 44.1 Å². The summed E-state index contributed by atoms with van der Waals surface area (Å²) in [4.78, 5) is 43.4. The molecule has 0 saturated carbocycles. The molecule has 2 aliphatic rings. The van der Waals surface area contributed by atoms with Crippen molar-refractivity contribution in [3.63, 3.8) is 0 Å². The third-order valence-corrected chi connectivity index (χ3v) is 7.22. The molecule has 0 fully saturated rings. The fraction of sp³-hybridized carbons (Fsp3) is 0.0882. The van der Waals surface area contributed by atoms with Crippen molar-refractivity contribution in [1.29, 1.82) is 0 Å². The first kappa shape index (κ1) is 27.5. The van der Waals surface area contributed by atoms with E-state index in [1.54, 1.807) is 12.4 Å². The van der Waals surface area contributed by atoms with Crippen LogP contribution in [0.25, 0.3) is 89.7 Å². The fourth-order valence-corrected chi connectivity index (χ4v) is 5.35.